The van der Waals surface area contributed by atoms with E-state index in [0.717, 1.165) is 22.2 Å². The number of carbonyl (C=O) groups excluding carboxylic acids is 1. The molecule has 0 unspecified atom stereocenters. The quantitative estimate of drug-likeness (QED) is 0.421. The van der Waals surface area contributed by atoms with Crippen LogP contribution in [0, 0.1) is 0 Å². The largest absolute Gasteiger partial charge is 0.378 e. The van der Waals surface area contributed by atoms with Gasteiger partial charge >= 0.3 is 0 Å². The van der Waals surface area contributed by atoms with Crippen LogP contribution in [-0.2, 0) is 5.75 Å². The zero-order chi connectivity index (χ0) is 20.1. The van der Waals surface area contributed by atoms with Crippen LogP contribution in [0.3, 0.4) is 0 Å². The average Bonchev–Trinajstić information content (AvgIpc) is 3.48. The molecule has 148 valence electrons. The summed E-state index contributed by atoms with van der Waals surface area (Å²) in [6.45, 7) is 0.779. The maximum atomic E-state index is 12.6. The smallest absolute Gasteiger partial charge is 0.293 e. The van der Waals surface area contributed by atoms with Gasteiger partial charge in [-0.2, -0.15) is 9.78 Å². The van der Waals surface area contributed by atoms with Crippen LogP contribution in [0.15, 0.2) is 39.2 Å². The highest BCUT2D eigenvalue weighted by atomic mass is 32.2. The van der Waals surface area contributed by atoms with Crippen molar-refractivity contribution in [2.45, 2.75) is 5.75 Å². The maximum Gasteiger partial charge on any atom is 0.293 e. The van der Waals surface area contributed by atoms with Gasteiger partial charge in [0.25, 0.3) is 5.91 Å². The fourth-order valence-corrected chi connectivity index (χ4v) is 4.32. The van der Waals surface area contributed by atoms with E-state index in [0.29, 0.717) is 11.4 Å². The Labute approximate surface area is 172 Å². The van der Waals surface area contributed by atoms with Gasteiger partial charge in [0.15, 0.2) is 5.69 Å². The van der Waals surface area contributed by atoms with E-state index >= 15 is 0 Å². The Morgan fingerprint density at radius 3 is 3.14 bits per heavy atom. The van der Waals surface area contributed by atoms with Crippen molar-refractivity contribution in [1.82, 2.24) is 35.7 Å². The summed E-state index contributed by atoms with van der Waals surface area (Å²) in [6, 6.07) is 3.57. The third-order valence-corrected chi connectivity index (χ3v) is 5.89. The second-order valence-corrected chi connectivity index (χ2v) is 7.85. The molecule has 29 heavy (non-hydrogen) atoms. The number of aromatic nitrogens is 6. The monoisotopic (exact) mass is 430 g/mol. The molecular formula is C15H14N10O2S2. The van der Waals surface area contributed by atoms with Gasteiger partial charge in [-0.15, -0.1) is 5.10 Å². The molecule has 3 N–H and O–H groups in total. The van der Waals surface area contributed by atoms with Crippen LogP contribution >= 0.6 is 23.5 Å². The number of thioether (sulfide) groups is 2. The summed E-state index contributed by atoms with van der Waals surface area (Å²) in [7, 11) is 0. The van der Waals surface area contributed by atoms with E-state index in [1.54, 1.807) is 36.3 Å². The summed E-state index contributed by atoms with van der Waals surface area (Å²) in [5.41, 5.74) is 9.51. The first-order valence-corrected chi connectivity index (χ1v) is 10.3. The minimum absolute atomic E-state index is 0.0373. The predicted molar refractivity (Wildman–Crippen MR) is 109 cm³/mol. The molecular weight excluding hydrogens is 416 g/mol. The lowest BCUT2D eigenvalue weighted by molar-refractivity contribution is 0.0949. The van der Waals surface area contributed by atoms with Gasteiger partial charge in [0.05, 0.1) is 18.5 Å². The van der Waals surface area contributed by atoms with Crippen molar-refractivity contribution >= 4 is 45.8 Å². The number of nitrogens with one attached hydrogen (secondary N) is 1. The molecule has 1 aliphatic rings. The first-order chi connectivity index (χ1) is 14.2. The first kappa shape index (κ1) is 19.1. The van der Waals surface area contributed by atoms with E-state index in [4.69, 9.17) is 5.73 Å². The minimum atomic E-state index is -0.525. The van der Waals surface area contributed by atoms with Crippen LogP contribution in [0.4, 0.5) is 5.82 Å². The second-order valence-electron chi connectivity index (χ2n) is 5.54. The van der Waals surface area contributed by atoms with Crippen molar-refractivity contribution in [3.63, 3.8) is 0 Å². The average molecular weight is 430 g/mol. The van der Waals surface area contributed by atoms with Crippen molar-refractivity contribution < 1.29 is 9.42 Å². The summed E-state index contributed by atoms with van der Waals surface area (Å²) in [4.78, 5) is 21.0. The summed E-state index contributed by atoms with van der Waals surface area (Å²) in [6.07, 6.45) is 4.75. The number of hydrogen-bond donors (Lipinski definition) is 2. The molecule has 3 aromatic heterocycles. The molecule has 0 aromatic carbocycles. The number of nitrogen functional groups attached to an aromatic ring is 1. The molecule has 0 radical (unpaired) electrons. The topological polar surface area (TPSA) is 162 Å². The molecule has 0 bridgehead atoms. The van der Waals surface area contributed by atoms with Gasteiger partial charge < -0.3 is 5.73 Å². The van der Waals surface area contributed by atoms with E-state index in [-0.39, 0.29) is 17.3 Å². The Morgan fingerprint density at radius 1 is 1.48 bits per heavy atom. The van der Waals surface area contributed by atoms with E-state index in [9.17, 15) is 4.79 Å². The lowest BCUT2D eigenvalue weighted by atomic mass is 10.3. The molecule has 0 atom stereocenters. The second kappa shape index (κ2) is 8.83. The summed E-state index contributed by atoms with van der Waals surface area (Å²) >= 11 is 3.14. The Morgan fingerprint density at radius 2 is 2.41 bits per heavy atom. The highest BCUT2D eigenvalue weighted by Gasteiger charge is 2.24. The number of hydrogen-bond acceptors (Lipinski definition) is 12. The Bertz CT molecular complexity index is 1060. The molecule has 0 aliphatic carbocycles. The van der Waals surface area contributed by atoms with Crippen molar-refractivity contribution in [3.05, 3.63) is 41.5 Å². The number of pyridine rings is 1. The molecule has 0 fully saturated rings. The molecule has 0 spiro atoms. The van der Waals surface area contributed by atoms with E-state index in [1.165, 1.54) is 22.7 Å². The number of anilines is 1. The Hall–Kier alpha value is -3.26. The number of nitrogens with zero attached hydrogens (tertiary/aromatic N) is 8. The van der Waals surface area contributed by atoms with Gasteiger partial charge in [-0.05, 0) is 16.4 Å². The van der Waals surface area contributed by atoms with Crippen molar-refractivity contribution in [1.29, 1.82) is 0 Å². The highest BCUT2D eigenvalue weighted by Crippen LogP contribution is 2.27. The Balaban J connectivity index is 1.56. The fraction of sp³-hybridized carbons (Fsp3) is 0.200. The van der Waals surface area contributed by atoms with Gasteiger partial charge in [0.2, 0.25) is 11.6 Å². The first-order valence-electron chi connectivity index (χ1n) is 8.29. The number of carbonyl (C=O) groups is 1. The number of hydrazone groups is 1. The molecule has 4 rings (SSSR count). The molecule has 12 nitrogen and oxygen atoms in total. The molecule has 14 heteroatoms. The SMILES string of the molecule is Nc1nonc1-n1nnc(C(=O)NN=Cc2cccnc2)c1CSC1=NCCS1. The molecule has 0 saturated carbocycles. The van der Waals surface area contributed by atoms with E-state index in [2.05, 4.69) is 45.8 Å². The van der Waals surface area contributed by atoms with Crippen LogP contribution in [0.25, 0.3) is 5.82 Å². The number of rotatable bonds is 6. The van der Waals surface area contributed by atoms with E-state index in [1.807, 2.05) is 0 Å². The van der Waals surface area contributed by atoms with Crippen LogP contribution in [0.2, 0.25) is 0 Å². The van der Waals surface area contributed by atoms with Gasteiger partial charge in [0.1, 0.15) is 4.38 Å². The van der Waals surface area contributed by atoms with E-state index < -0.39 is 5.91 Å². The lowest BCUT2D eigenvalue weighted by Crippen LogP contribution is -2.20. The summed E-state index contributed by atoms with van der Waals surface area (Å²) in [5.74, 6) is 0.988. The lowest BCUT2D eigenvalue weighted by Gasteiger charge is -2.05. The molecule has 4 heterocycles. The van der Waals surface area contributed by atoms with Crippen LogP contribution in [0.1, 0.15) is 21.7 Å². The van der Waals surface area contributed by atoms with Crippen LogP contribution < -0.4 is 11.2 Å². The summed E-state index contributed by atoms with van der Waals surface area (Å²) in [5, 5.41) is 19.2. The third-order valence-electron chi connectivity index (χ3n) is 3.63. The molecule has 1 aliphatic heterocycles. The van der Waals surface area contributed by atoms with Crippen molar-refractivity contribution in [2.24, 2.45) is 10.1 Å². The fourth-order valence-electron chi connectivity index (χ4n) is 2.32. The molecule has 0 saturated heterocycles. The predicted octanol–water partition coefficient (Wildman–Crippen LogP) is 0.727. The van der Waals surface area contributed by atoms with Crippen LogP contribution in [0.5, 0.6) is 0 Å². The minimum Gasteiger partial charge on any atom is -0.378 e. The van der Waals surface area contributed by atoms with Gasteiger partial charge in [0, 0.05) is 29.5 Å². The van der Waals surface area contributed by atoms with Crippen LogP contribution in [-0.4, -0.2) is 59.1 Å². The normalized spacial score (nSPS) is 13.7. The zero-order valence-corrected chi connectivity index (χ0v) is 16.4. The third kappa shape index (κ3) is 4.43. The number of amides is 1. The van der Waals surface area contributed by atoms with Gasteiger partial charge in [-0.1, -0.05) is 34.8 Å². The number of aliphatic imine (C=N–C) groups is 1. The maximum absolute atomic E-state index is 12.6. The van der Waals surface area contributed by atoms with Gasteiger partial charge in [-0.25, -0.2) is 10.1 Å². The van der Waals surface area contributed by atoms with Crippen molar-refractivity contribution in [2.75, 3.05) is 18.0 Å². The molecule has 1 amide bonds. The standard InChI is InChI=1S/C15H14N10O2S2/c16-12-13(23-27-22-12)25-10(8-29-15-18-4-5-28-15)11(20-24-25)14(26)21-19-7-9-2-1-3-17-6-9/h1-3,6-7H,4-5,8H2,(H2,16,22)(H,21,26). The van der Waals surface area contributed by atoms with Gasteiger partial charge in [-0.3, -0.25) is 14.8 Å². The highest BCUT2D eigenvalue weighted by molar-refractivity contribution is 8.38. The Kier molecular flexibility index (Phi) is 5.81. The molecule has 3 aromatic rings. The van der Waals surface area contributed by atoms with Crippen molar-refractivity contribution in [3.8, 4) is 5.82 Å². The number of nitrogens with two attached hydrogens (primary N) is 1. The summed E-state index contributed by atoms with van der Waals surface area (Å²) < 4.78 is 6.91. The zero-order valence-electron chi connectivity index (χ0n) is 14.8.